The van der Waals surface area contributed by atoms with Crippen LogP contribution < -0.4 is 0 Å². The maximum Gasteiger partial charge on any atom is 0.472 e. The van der Waals surface area contributed by atoms with Crippen LogP contribution in [0, 0.1) is 0 Å². The molecule has 0 rings (SSSR count). The van der Waals surface area contributed by atoms with Crippen molar-refractivity contribution in [3.05, 3.63) is 73.1 Å². The third-order valence-corrected chi connectivity index (χ3v) is 9.41. The van der Waals surface area contributed by atoms with Crippen molar-refractivity contribution < 1.29 is 42.4 Å². The molecule has 0 aliphatic carbocycles. The fourth-order valence-electron chi connectivity index (χ4n) is 5.16. The second-order valence-electron chi connectivity index (χ2n) is 14.9. The summed E-state index contributed by atoms with van der Waals surface area (Å²) in [5.74, 6) is -0.410. The first-order valence-electron chi connectivity index (χ1n) is 20.8. The monoisotopic (exact) mass is 781 g/mol. The molecule has 0 aliphatic rings. The molecule has 2 unspecified atom stereocenters. The summed E-state index contributed by atoms with van der Waals surface area (Å²) in [5, 5.41) is 9.77. The van der Waals surface area contributed by atoms with E-state index >= 15 is 0 Å². The molecule has 2 N–H and O–H groups in total. The summed E-state index contributed by atoms with van der Waals surface area (Å²) < 4.78 is 34.6. The van der Waals surface area contributed by atoms with E-state index in [1.165, 1.54) is 70.6 Å². The van der Waals surface area contributed by atoms with Crippen LogP contribution in [0.2, 0.25) is 0 Å². The Morgan fingerprint density at radius 3 is 1.94 bits per heavy atom. The molecule has 0 bridgehead atoms. The number of likely N-dealkylation sites (N-methyl/N-ethyl adjacent to an activating group) is 1. The second kappa shape index (κ2) is 36.4. The van der Waals surface area contributed by atoms with E-state index in [0.717, 1.165) is 38.5 Å². The highest BCUT2D eigenvalue weighted by atomic mass is 31.2. The number of phosphoric acid groups is 1. The molecule has 0 saturated heterocycles. The fourth-order valence-corrected chi connectivity index (χ4v) is 5.90. The molecule has 0 aromatic rings. The van der Waals surface area contributed by atoms with Crippen molar-refractivity contribution in [2.24, 2.45) is 0 Å². The first-order chi connectivity index (χ1) is 26.0. The minimum absolute atomic E-state index is 0.0110. The van der Waals surface area contributed by atoms with E-state index in [0.29, 0.717) is 23.9 Å². The summed E-state index contributed by atoms with van der Waals surface area (Å²) >= 11 is 0. The largest absolute Gasteiger partial charge is 0.498 e. The van der Waals surface area contributed by atoms with Gasteiger partial charge in [0, 0.05) is 6.42 Å². The number of esters is 1. The van der Waals surface area contributed by atoms with E-state index < -0.39 is 26.0 Å². The van der Waals surface area contributed by atoms with Crippen LogP contribution in [0.5, 0.6) is 0 Å². The van der Waals surface area contributed by atoms with Gasteiger partial charge in [-0.3, -0.25) is 13.8 Å². The highest BCUT2D eigenvalue weighted by Crippen LogP contribution is 2.43. The Morgan fingerprint density at radius 2 is 1.30 bits per heavy atom. The molecule has 0 aliphatic heterocycles. The Labute approximate surface area is 330 Å². The summed E-state index contributed by atoms with van der Waals surface area (Å²) in [7, 11) is 1.56. The normalized spacial score (nSPS) is 15.1. The zero-order chi connectivity index (χ0) is 40.0. The molecule has 3 atom stereocenters. The van der Waals surface area contributed by atoms with Crippen molar-refractivity contribution in [2.45, 2.75) is 154 Å². The SMILES string of the molecule is CC/C=C\C(O)C/C=C/C=C\C/C=C\C/C=C\CCCC(=O)O[C@H](CO/C=C/CCCCCCCCCCCCCC)COP(=O)(O)OCC[N+](C)(C)C. The molecule has 0 aromatic carbocycles. The molecule has 312 valence electrons. The Morgan fingerprint density at radius 1 is 0.704 bits per heavy atom. The number of hydrogen-bond donors (Lipinski definition) is 2. The van der Waals surface area contributed by atoms with Gasteiger partial charge >= 0.3 is 13.8 Å². The van der Waals surface area contributed by atoms with Crippen LogP contribution in [0.25, 0.3) is 0 Å². The van der Waals surface area contributed by atoms with Gasteiger partial charge in [-0.05, 0) is 57.4 Å². The maximum atomic E-state index is 12.6. The number of unbranched alkanes of at least 4 members (excludes halogenated alkanes) is 13. The molecule has 0 saturated carbocycles. The van der Waals surface area contributed by atoms with Gasteiger partial charge in [0.15, 0.2) is 6.10 Å². The van der Waals surface area contributed by atoms with Crippen LogP contribution >= 0.6 is 7.82 Å². The summed E-state index contributed by atoms with van der Waals surface area (Å²) in [6.07, 6.45) is 43.8. The fraction of sp³-hybridized carbons (Fsp3) is 0.705. The molecule has 0 aromatic heterocycles. The van der Waals surface area contributed by atoms with Gasteiger partial charge in [-0.2, -0.15) is 0 Å². The predicted molar refractivity (Wildman–Crippen MR) is 225 cm³/mol. The quantitative estimate of drug-likeness (QED) is 0.0122. The molecule has 0 fully saturated rings. The van der Waals surface area contributed by atoms with Crippen molar-refractivity contribution in [1.82, 2.24) is 0 Å². The molecule has 9 nitrogen and oxygen atoms in total. The Hall–Kier alpha value is -2.26. The lowest BCUT2D eigenvalue weighted by molar-refractivity contribution is -0.870. The van der Waals surface area contributed by atoms with Crippen LogP contribution in [-0.4, -0.2) is 80.2 Å². The smallest absolute Gasteiger partial charge is 0.472 e. The van der Waals surface area contributed by atoms with Gasteiger partial charge in [0.05, 0.1) is 40.1 Å². The molecule has 0 radical (unpaired) electrons. The number of aliphatic hydroxyl groups is 1. The lowest BCUT2D eigenvalue weighted by Gasteiger charge is -2.24. The van der Waals surface area contributed by atoms with Crippen LogP contribution in [0.15, 0.2) is 73.1 Å². The summed E-state index contributed by atoms with van der Waals surface area (Å²) in [6, 6.07) is 0. The van der Waals surface area contributed by atoms with Crippen LogP contribution in [0.4, 0.5) is 0 Å². The number of hydrogen-bond acceptors (Lipinski definition) is 7. The molecule has 0 amide bonds. The lowest BCUT2D eigenvalue weighted by atomic mass is 10.0. The van der Waals surface area contributed by atoms with Crippen LogP contribution in [0.1, 0.15) is 142 Å². The Bertz CT molecular complexity index is 1110. The topological polar surface area (TPSA) is 112 Å². The van der Waals surface area contributed by atoms with E-state index in [2.05, 4.69) is 37.3 Å². The first-order valence-corrected chi connectivity index (χ1v) is 22.3. The molecule has 54 heavy (non-hydrogen) atoms. The minimum atomic E-state index is -4.32. The molecule has 0 spiro atoms. The molecular weight excluding hydrogens is 701 g/mol. The number of quaternary nitrogens is 1. The standard InChI is InChI=1S/C44H78NO8P/c1-6-8-10-11-12-13-14-15-18-21-24-27-30-33-38-50-40-43(41-52-54(48,49)51-39-37-45(3,4)5)53-44(47)36-32-29-26-23-20-17-16-19-22-25-28-31-35-42(46)34-9-7-2/h9,16-17,22-23,25-26,28,31,33-34,38,42-43,46H,6-8,10-15,18-21,24,27,29-30,32,35-37,39-41H2,1-5H3/p+1/b17-16-,25-22-,26-23-,31-28+,34-9-,38-33+/t42?,43-/m1/s1. The average molecular weight is 781 g/mol. The molecular formula is C44H79NO8P+. The van der Waals surface area contributed by atoms with E-state index in [1.807, 2.05) is 64.5 Å². The van der Waals surface area contributed by atoms with Gasteiger partial charge < -0.3 is 24.0 Å². The Kier molecular flexibility index (Phi) is 34.9. The first kappa shape index (κ1) is 51.7. The van der Waals surface area contributed by atoms with Crippen LogP contribution in [0.3, 0.4) is 0 Å². The lowest BCUT2D eigenvalue weighted by Crippen LogP contribution is -2.37. The highest BCUT2D eigenvalue weighted by molar-refractivity contribution is 7.47. The summed E-state index contributed by atoms with van der Waals surface area (Å²) in [5.41, 5.74) is 0. The van der Waals surface area contributed by atoms with Crippen molar-refractivity contribution in [2.75, 3.05) is 47.5 Å². The zero-order valence-electron chi connectivity index (χ0n) is 34.8. The van der Waals surface area contributed by atoms with Gasteiger partial charge in [-0.15, -0.1) is 0 Å². The summed E-state index contributed by atoms with van der Waals surface area (Å²) in [4.78, 5) is 22.8. The van der Waals surface area contributed by atoms with Crippen molar-refractivity contribution in [1.29, 1.82) is 0 Å². The van der Waals surface area contributed by atoms with Crippen molar-refractivity contribution in [3.63, 3.8) is 0 Å². The van der Waals surface area contributed by atoms with E-state index in [1.54, 1.807) is 6.26 Å². The second-order valence-corrected chi connectivity index (χ2v) is 16.4. The van der Waals surface area contributed by atoms with Crippen LogP contribution in [-0.2, 0) is 27.9 Å². The average Bonchev–Trinajstić information content (AvgIpc) is 3.12. The number of rotatable bonds is 37. The number of allylic oxidation sites excluding steroid dienone is 9. The van der Waals surface area contributed by atoms with Gasteiger partial charge in [0.25, 0.3) is 0 Å². The minimum Gasteiger partial charge on any atom is -0.498 e. The number of phosphoric ester groups is 1. The van der Waals surface area contributed by atoms with Crippen molar-refractivity contribution in [3.8, 4) is 0 Å². The predicted octanol–water partition coefficient (Wildman–Crippen LogP) is 11.3. The zero-order valence-corrected chi connectivity index (χ0v) is 35.7. The molecule has 10 heteroatoms. The van der Waals surface area contributed by atoms with Gasteiger partial charge in [0.2, 0.25) is 0 Å². The number of ether oxygens (including phenoxy) is 2. The number of aliphatic hydroxyl groups excluding tert-OH is 1. The molecule has 0 heterocycles. The van der Waals surface area contributed by atoms with Crippen molar-refractivity contribution >= 4 is 13.8 Å². The van der Waals surface area contributed by atoms with Gasteiger partial charge in [-0.1, -0.05) is 145 Å². The highest BCUT2D eigenvalue weighted by Gasteiger charge is 2.26. The van der Waals surface area contributed by atoms with E-state index in [9.17, 15) is 19.4 Å². The Balaban J connectivity index is 4.48. The van der Waals surface area contributed by atoms with Gasteiger partial charge in [0.1, 0.15) is 19.8 Å². The number of nitrogens with zero attached hydrogens (tertiary/aromatic N) is 1. The third-order valence-electron chi connectivity index (χ3n) is 8.42. The number of carbonyl (C=O) groups is 1. The maximum absolute atomic E-state index is 12.6. The van der Waals surface area contributed by atoms with E-state index in [-0.39, 0.29) is 26.2 Å². The van der Waals surface area contributed by atoms with Gasteiger partial charge in [-0.25, -0.2) is 4.57 Å². The third kappa shape index (κ3) is 39.4. The van der Waals surface area contributed by atoms with E-state index in [4.69, 9.17) is 18.5 Å². The number of carbonyl (C=O) groups excluding carboxylic acids is 1. The summed E-state index contributed by atoms with van der Waals surface area (Å²) in [6.45, 7) is 4.59.